The second-order valence-corrected chi connectivity index (χ2v) is 4.06. The SMILES string of the molecule is Cn1cnnc1CCNc1ncc(N)cc1C(N)=O. The highest BCUT2D eigenvalue weighted by molar-refractivity contribution is 5.98. The highest BCUT2D eigenvalue weighted by Gasteiger charge is 2.10. The average molecular weight is 261 g/mol. The van der Waals surface area contributed by atoms with Crippen molar-refractivity contribution in [3.05, 3.63) is 30.0 Å². The highest BCUT2D eigenvalue weighted by Crippen LogP contribution is 2.14. The van der Waals surface area contributed by atoms with Crippen molar-refractivity contribution in [2.24, 2.45) is 12.8 Å². The molecule has 0 radical (unpaired) electrons. The topological polar surface area (TPSA) is 125 Å². The van der Waals surface area contributed by atoms with Gasteiger partial charge in [-0.1, -0.05) is 0 Å². The summed E-state index contributed by atoms with van der Waals surface area (Å²) in [6.45, 7) is 0.559. The Morgan fingerprint density at radius 2 is 2.32 bits per heavy atom. The van der Waals surface area contributed by atoms with Gasteiger partial charge in [0.1, 0.15) is 18.0 Å². The molecule has 8 heteroatoms. The van der Waals surface area contributed by atoms with Crippen molar-refractivity contribution in [3.63, 3.8) is 0 Å². The molecule has 0 bridgehead atoms. The maximum Gasteiger partial charge on any atom is 0.252 e. The molecule has 1 amide bonds. The molecule has 0 atom stereocenters. The molecule has 2 heterocycles. The zero-order valence-electron chi connectivity index (χ0n) is 10.5. The molecule has 2 rings (SSSR count). The molecule has 0 aliphatic rings. The molecule has 0 aromatic carbocycles. The van der Waals surface area contributed by atoms with E-state index in [1.54, 1.807) is 6.33 Å². The minimum atomic E-state index is -0.569. The largest absolute Gasteiger partial charge is 0.397 e. The van der Waals surface area contributed by atoms with E-state index in [4.69, 9.17) is 11.5 Å². The zero-order valence-corrected chi connectivity index (χ0v) is 10.5. The van der Waals surface area contributed by atoms with Crippen LogP contribution in [0.15, 0.2) is 18.6 Å². The maximum atomic E-state index is 11.3. The van der Waals surface area contributed by atoms with Gasteiger partial charge in [-0.05, 0) is 6.07 Å². The van der Waals surface area contributed by atoms with Crippen molar-refractivity contribution in [2.75, 3.05) is 17.6 Å². The smallest absolute Gasteiger partial charge is 0.252 e. The second-order valence-electron chi connectivity index (χ2n) is 4.06. The normalized spacial score (nSPS) is 10.4. The number of nitrogen functional groups attached to an aromatic ring is 1. The van der Waals surface area contributed by atoms with Gasteiger partial charge in [0.25, 0.3) is 5.91 Å². The first-order valence-electron chi connectivity index (χ1n) is 5.70. The number of carbonyl (C=O) groups excluding carboxylic acids is 1. The summed E-state index contributed by atoms with van der Waals surface area (Å²) < 4.78 is 1.83. The third-order valence-corrected chi connectivity index (χ3v) is 2.62. The Morgan fingerprint density at radius 1 is 1.53 bits per heavy atom. The fourth-order valence-electron chi connectivity index (χ4n) is 1.64. The minimum Gasteiger partial charge on any atom is -0.397 e. The minimum absolute atomic E-state index is 0.276. The van der Waals surface area contributed by atoms with Crippen LogP contribution in [0.5, 0.6) is 0 Å². The first-order valence-corrected chi connectivity index (χ1v) is 5.70. The number of anilines is 2. The Balaban J connectivity index is 2.03. The van der Waals surface area contributed by atoms with Gasteiger partial charge in [0.05, 0.1) is 17.4 Å². The van der Waals surface area contributed by atoms with Crippen molar-refractivity contribution < 1.29 is 4.79 Å². The second kappa shape index (κ2) is 5.34. The van der Waals surface area contributed by atoms with Crippen LogP contribution in [-0.4, -0.2) is 32.2 Å². The molecular formula is C11H15N7O. The van der Waals surface area contributed by atoms with Gasteiger partial charge in [0.2, 0.25) is 0 Å². The molecule has 0 spiro atoms. The Labute approximate surface area is 109 Å². The summed E-state index contributed by atoms with van der Waals surface area (Å²) in [6, 6.07) is 1.50. The van der Waals surface area contributed by atoms with Crippen LogP contribution >= 0.6 is 0 Å². The fourth-order valence-corrected chi connectivity index (χ4v) is 1.64. The van der Waals surface area contributed by atoms with E-state index in [1.807, 2.05) is 11.6 Å². The lowest BCUT2D eigenvalue weighted by Crippen LogP contribution is -2.17. The van der Waals surface area contributed by atoms with Crippen molar-refractivity contribution in [1.29, 1.82) is 0 Å². The highest BCUT2D eigenvalue weighted by atomic mass is 16.1. The molecule has 0 saturated heterocycles. The molecule has 0 fully saturated rings. The number of amides is 1. The van der Waals surface area contributed by atoms with E-state index in [-0.39, 0.29) is 5.56 Å². The van der Waals surface area contributed by atoms with Crippen LogP contribution in [0.25, 0.3) is 0 Å². The number of hydrogen-bond donors (Lipinski definition) is 3. The first kappa shape index (κ1) is 12.8. The molecule has 19 heavy (non-hydrogen) atoms. The first-order chi connectivity index (χ1) is 9.08. The van der Waals surface area contributed by atoms with Gasteiger partial charge in [-0.25, -0.2) is 4.98 Å². The van der Waals surface area contributed by atoms with E-state index in [0.29, 0.717) is 24.5 Å². The number of pyridine rings is 1. The van der Waals surface area contributed by atoms with Crippen molar-refractivity contribution in [1.82, 2.24) is 19.7 Å². The van der Waals surface area contributed by atoms with E-state index in [2.05, 4.69) is 20.5 Å². The molecule has 0 saturated carbocycles. The molecule has 8 nitrogen and oxygen atoms in total. The van der Waals surface area contributed by atoms with Crippen molar-refractivity contribution >= 4 is 17.4 Å². The predicted molar refractivity (Wildman–Crippen MR) is 70.4 cm³/mol. The number of hydrogen-bond acceptors (Lipinski definition) is 6. The van der Waals surface area contributed by atoms with Crippen molar-refractivity contribution in [3.8, 4) is 0 Å². The summed E-state index contributed by atoms with van der Waals surface area (Å²) in [5, 5.41) is 10.8. The Kier molecular flexibility index (Phi) is 3.60. The van der Waals surface area contributed by atoms with Gasteiger partial charge in [-0.15, -0.1) is 10.2 Å². The molecular weight excluding hydrogens is 246 g/mol. The van der Waals surface area contributed by atoms with E-state index < -0.39 is 5.91 Å². The summed E-state index contributed by atoms with van der Waals surface area (Å²) in [7, 11) is 1.87. The number of nitrogens with zero attached hydrogens (tertiary/aromatic N) is 4. The molecule has 0 unspecified atom stereocenters. The van der Waals surface area contributed by atoms with Gasteiger partial charge in [-0.3, -0.25) is 4.79 Å². The Hall–Kier alpha value is -2.64. The van der Waals surface area contributed by atoms with E-state index in [9.17, 15) is 4.79 Å². The maximum absolute atomic E-state index is 11.3. The Bertz CT molecular complexity index is 592. The zero-order chi connectivity index (χ0) is 13.8. The van der Waals surface area contributed by atoms with E-state index in [0.717, 1.165) is 5.82 Å². The summed E-state index contributed by atoms with van der Waals surface area (Å²) in [5.41, 5.74) is 11.5. The Morgan fingerprint density at radius 3 is 2.95 bits per heavy atom. The van der Waals surface area contributed by atoms with Gasteiger partial charge in [-0.2, -0.15) is 0 Å². The van der Waals surface area contributed by atoms with Crippen LogP contribution in [0.4, 0.5) is 11.5 Å². The molecule has 0 aliphatic carbocycles. The lowest BCUT2D eigenvalue weighted by atomic mass is 10.2. The lowest BCUT2D eigenvalue weighted by molar-refractivity contribution is 0.100. The monoisotopic (exact) mass is 261 g/mol. The summed E-state index contributed by atoms with van der Waals surface area (Å²) in [5.74, 6) is 0.688. The van der Waals surface area contributed by atoms with E-state index in [1.165, 1.54) is 12.3 Å². The number of rotatable bonds is 5. The van der Waals surface area contributed by atoms with Crippen LogP contribution < -0.4 is 16.8 Å². The average Bonchev–Trinajstić information content (AvgIpc) is 2.77. The van der Waals surface area contributed by atoms with Crippen LogP contribution in [-0.2, 0) is 13.5 Å². The number of primary amides is 1. The van der Waals surface area contributed by atoms with Gasteiger partial charge in [0.15, 0.2) is 0 Å². The summed E-state index contributed by atoms with van der Waals surface area (Å²) in [4.78, 5) is 15.3. The third kappa shape index (κ3) is 2.97. The van der Waals surface area contributed by atoms with Gasteiger partial charge < -0.3 is 21.4 Å². The van der Waals surface area contributed by atoms with Crippen molar-refractivity contribution in [2.45, 2.75) is 6.42 Å². The predicted octanol–water partition coefficient (Wildman–Crippen LogP) is -0.454. The molecule has 0 aliphatic heterocycles. The molecule has 100 valence electrons. The van der Waals surface area contributed by atoms with Gasteiger partial charge in [0, 0.05) is 20.0 Å². The number of nitrogens with two attached hydrogens (primary N) is 2. The molecule has 2 aromatic heterocycles. The lowest BCUT2D eigenvalue weighted by Gasteiger charge is -2.09. The fraction of sp³-hybridized carbons (Fsp3) is 0.273. The quantitative estimate of drug-likeness (QED) is 0.669. The number of aromatic nitrogens is 4. The summed E-state index contributed by atoms with van der Waals surface area (Å²) in [6.07, 6.45) is 3.75. The van der Waals surface area contributed by atoms with Gasteiger partial charge >= 0.3 is 0 Å². The van der Waals surface area contributed by atoms with Crippen LogP contribution in [0, 0.1) is 0 Å². The van der Waals surface area contributed by atoms with Crippen LogP contribution in [0.1, 0.15) is 16.2 Å². The van der Waals surface area contributed by atoms with Crippen LogP contribution in [0.3, 0.4) is 0 Å². The third-order valence-electron chi connectivity index (χ3n) is 2.62. The molecule has 2 aromatic rings. The number of aryl methyl sites for hydroxylation is 1. The standard InChI is InChI=1S/C11H15N7O/c1-18-6-16-17-9(18)2-3-14-11-8(10(13)19)4-7(12)5-15-11/h4-6H,2-3,12H2,1H3,(H2,13,19)(H,14,15). The number of nitrogens with one attached hydrogen (secondary N) is 1. The van der Waals surface area contributed by atoms with Crippen LogP contribution in [0.2, 0.25) is 0 Å². The van der Waals surface area contributed by atoms with E-state index >= 15 is 0 Å². The molecule has 5 N–H and O–H groups in total. The number of carbonyl (C=O) groups is 1. The summed E-state index contributed by atoms with van der Waals surface area (Å²) >= 11 is 0.